The lowest BCUT2D eigenvalue weighted by atomic mass is 9.85. The maximum Gasteiger partial charge on any atom is 0.330 e. The van der Waals surface area contributed by atoms with Crippen LogP contribution in [0, 0.1) is 0 Å². The SMILES string of the molecule is CCOC(=O)C=Cc1ccc(C2(O)CCNCC2)cc1. The van der Waals surface area contributed by atoms with Crippen LogP contribution in [0.4, 0.5) is 0 Å². The number of benzene rings is 1. The summed E-state index contributed by atoms with van der Waals surface area (Å²) in [6, 6.07) is 7.67. The molecule has 0 unspecified atom stereocenters. The van der Waals surface area contributed by atoms with Crippen LogP contribution in [0.1, 0.15) is 30.9 Å². The van der Waals surface area contributed by atoms with Crippen LogP contribution in [0.3, 0.4) is 0 Å². The molecule has 1 fully saturated rings. The van der Waals surface area contributed by atoms with Crippen molar-refractivity contribution in [1.29, 1.82) is 0 Å². The fourth-order valence-electron chi connectivity index (χ4n) is 2.39. The fraction of sp³-hybridized carbons (Fsp3) is 0.438. The molecule has 0 spiro atoms. The molecular weight excluding hydrogens is 254 g/mol. The first-order chi connectivity index (χ1) is 9.64. The number of hydrogen-bond acceptors (Lipinski definition) is 4. The van der Waals surface area contributed by atoms with Crippen molar-refractivity contribution in [2.45, 2.75) is 25.4 Å². The molecule has 0 saturated carbocycles. The molecular formula is C16H21NO3. The number of nitrogens with one attached hydrogen (secondary N) is 1. The quantitative estimate of drug-likeness (QED) is 0.650. The first-order valence-electron chi connectivity index (χ1n) is 7.02. The summed E-state index contributed by atoms with van der Waals surface area (Å²) in [7, 11) is 0. The van der Waals surface area contributed by atoms with E-state index in [1.165, 1.54) is 6.08 Å². The van der Waals surface area contributed by atoms with Crippen LogP contribution >= 0.6 is 0 Å². The summed E-state index contributed by atoms with van der Waals surface area (Å²) in [6.07, 6.45) is 4.59. The van der Waals surface area contributed by atoms with E-state index in [0.717, 1.165) is 37.1 Å². The van der Waals surface area contributed by atoms with Gasteiger partial charge in [-0.2, -0.15) is 0 Å². The number of esters is 1. The molecule has 0 amide bonds. The number of rotatable bonds is 4. The van der Waals surface area contributed by atoms with Crippen LogP contribution in [0.15, 0.2) is 30.3 Å². The van der Waals surface area contributed by atoms with Crippen molar-refractivity contribution in [2.24, 2.45) is 0 Å². The Kier molecular flexibility index (Phi) is 4.93. The van der Waals surface area contributed by atoms with Gasteiger partial charge in [-0.1, -0.05) is 24.3 Å². The lowest BCUT2D eigenvalue weighted by Gasteiger charge is -2.33. The number of carbonyl (C=O) groups excluding carboxylic acids is 1. The standard InChI is InChI=1S/C16H21NO3/c1-2-20-15(18)8-5-13-3-6-14(7-4-13)16(19)9-11-17-12-10-16/h3-8,17,19H,2,9-12H2,1H3. The van der Waals surface area contributed by atoms with Gasteiger partial charge in [-0.15, -0.1) is 0 Å². The monoisotopic (exact) mass is 275 g/mol. The van der Waals surface area contributed by atoms with E-state index < -0.39 is 5.60 Å². The van der Waals surface area contributed by atoms with Crippen molar-refractivity contribution >= 4 is 12.0 Å². The molecule has 2 rings (SSSR count). The summed E-state index contributed by atoms with van der Waals surface area (Å²) in [5.41, 5.74) is 1.13. The van der Waals surface area contributed by atoms with Crippen LogP contribution in [-0.4, -0.2) is 30.8 Å². The van der Waals surface area contributed by atoms with Gasteiger partial charge in [0.05, 0.1) is 12.2 Å². The van der Waals surface area contributed by atoms with Crippen LogP contribution in [0.5, 0.6) is 0 Å². The lowest BCUT2D eigenvalue weighted by Crippen LogP contribution is -2.39. The van der Waals surface area contributed by atoms with Gasteiger partial charge < -0.3 is 15.2 Å². The molecule has 4 nitrogen and oxygen atoms in total. The van der Waals surface area contributed by atoms with Crippen LogP contribution in [-0.2, 0) is 15.1 Å². The van der Waals surface area contributed by atoms with Crippen molar-refractivity contribution in [3.63, 3.8) is 0 Å². The normalized spacial score (nSPS) is 18.1. The van der Waals surface area contributed by atoms with E-state index in [9.17, 15) is 9.90 Å². The van der Waals surface area contributed by atoms with E-state index in [1.54, 1.807) is 13.0 Å². The Hall–Kier alpha value is -1.65. The molecule has 1 saturated heterocycles. The Morgan fingerprint density at radius 2 is 2.00 bits per heavy atom. The smallest absolute Gasteiger partial charge is 0.330 e. The zero-order valence-corrected chi connectivity index (χ0v) is 11.8. The Balaban J connectivity index is 2.04. The maximum absolute atomic E-state index is 11.2. The summed E-state index contributed by atoms with van der Waals surface area (Å²) >= 11 is 0. The first-order valence-corrected chi connectivity index (χ1v) is 7.02. The van der Waals surface area contributed by atoms with Crippen LogP contribution in [0.2, 0.25) is 0 Å². The molecule has 1 aliphatic heterocycles. The molecule has 20 heavy (non-hydrogen) atoms. The van der Waals surface area contributed by atoms with Gasteiger partial charge >= 0.3 is 5.97 Å². The maximum atomic E-state index is 11.2. The van der Waals surface area contributed by atoms with Crippen molar-refractivity contribution in [2.75, 3.05) is 19.7 Å². The number of carbonyl (C=O) groups is 1. The van der Waals surface area contributed by atoms with E-state index in [4.69, 9.17) is 4.74 Å². The van der Waals surface area contributed by atoms with Gasteiger partial charge in [0.1, 0.15) is 0 Å². The van der Waals surface area contributed by atoms with Crippen LogP contribution < -0.4 is 5.32 Å². The van der Waals surface area contributed by atoms with Gasteiger partial charge in [0.2, 0.25) is 0 Å². The van der Waals surface area contributed by atoms with Gasteiger partial charge in [0, 0.05) is 6.08 Å². The Morgan fingerprint density at radius 1 is 1.35 bits per heavy atom. The molecule has 0 atom stereocenters. The van der Waals surface area contributed by atoms with Crippen molar-refractivity contribution in [1.82, 2.24) is 5.32 Å². The van der Waals surface area contributed by atoms with Crippen LogP contribution in [0.25, 0.3) is 6.08 Å². The molecule has 1 aliphatic rings. The molecule has 4 heteroatoms. The van der Waals surface area contributed by atoms with Gasteiger partial charge in [-0.05, 0) is 50.1 Å². The largest absolute Gasteiger partial charge is 0.463 e. The minimum atomic E-state index is -0.728. The highest BCUT2D eigenvalue weighted by Gasteiger charge is 2.30. The Morgan fingerprint density at radius 3 is 2.60 bits per heavy atom. The summed E-state index contributed by atoms with van der Waals surface area (Å²) < 4.78 is 4.83. The molecule has 0 aliphatic carbocycles. The van der Waals surface area contributed by atoms with Gasteiger partial charge in [0.25, 0.3) is 0 Å². The van der Waals surface area contributed by atoms with E-state index in [-0.39, 0.29) is 5.97 Å². The molecule has 0 aromatic heterocycles. The predicted molar refractivity (Wildman–Crippen MR) is 78.1 cm³/mol. The Bertz CT molecular complexity index is 473. The van der Waals surface area contributed by atoms with Gasteiger partial charge in [-0.25, -0.2) is 4.79 Å². The number of piperidine rings is 1. The summed E-state index contributed by atoms with van der Waals surface area (Å²) in [6.45, 7) is 3.82. The molecule has 0 radical (unpaired) electrons. The summed E-state index contributed by atoms with van der Waals surface area (Å²) in [5, 5.41) is 13.8. The van der Waals surface area contributed by atoms with Crippen molar-refractivity contribution < 1.29 is 14.6 Å². The average molecular weight is 275 g/mol. The highest BCUT2D eigenvalue weighted by Crippen LogP contribution is 2.30. The zero-order valence-electron chi connectivity index (χ0n) is 11.8. The summed E-state index contributed by atoms with van der Waals surface area (Å²) in [5.74, 6) is -0.339. The highest BCUT2D eigenvalue weighted by atomic mass is 16.5. The average Bonchev–Trinajstić information content (AvgIpc) is 2.47. The molecule has 1 heterocycles. The van der Waals surface area contributed by atoms with E-state index in [1.807, 2.05) is 24.3 Å². The van der Waals surface area contributed by atoms with E-state index in [0.29, 0.717) is 6.61 Å². The molecule has 0 bridgehead atoms. The number of hydrogen-bond donors (Lipinski definition) is 2. The lowest BCUT2D eigenvalue weighted by molar-refractivity contribution is -0.137. The third-order valence-electron chi connectivity index (χ3n) is 3.58. The Labute approximate surface area is 119 Å². The van der Waals surface area contributed by atoms with E-state index >= 15 is 0 Å². The number of aliphatic hydroxyl groups is 1. The van der Waals surface area contributed by atoms with E-state index in [2.05, 4.69) is 5.32 Å². The van der Waals surface area contributed by atoms with Gasteiger partial charge in [0.15, 0.2) is 0 Å². The predicted octanol–water partition coefficient (Wildman–Crippen LogP) is 1.83. The molecule has 1 aromatic carbocycles. The highest BCUT2D eigenvalue weighted by molar-refractivity contribution is 5.87. The first kappa shape index (κ1) is 14.8. The minimum absolute atomic E-state index is 0.339. The fourth-order valence-corrected chi connectivity index (χ4v) is 2.39. The third kappa shape index (κ3) is 3.68. The molecule has 108 valence electrons. The zero-order chi connectivity index (χ0) is 14.4. The minimum Gasteiger partial charge on any atom is -0.463 e. The molecule has 1 aromatic rings. The second-order valence-corrected chi connectivity index (χ2v) is 4.99. The number of ether oxygens (including phenoxy) is 1. The van der Waals surface area contributed by atoms with Gasteiger partial charge in [-0.3, -0.25) is 0 Å². The summed E-state index contributed by atoms with van der Waals surface area (Å²) in [4.78, 5) is 11.2. The second-order valence-electron chi connectivity index (χ2n) is 4.99. The van der Waals surface area contributed by atoms with Crippen molar-refractivity contribution in [3.05, 3.63) is 41.5 Å². The molecule has 2 N–H and O–H groups in total. The topological polar surface area (TPSA) is 58.6 Å². The van der Waals surface area contributed by atoms with Crippen molar-refractivity contribution in [3.8, 4) is 0 Å². The third-order valence-corrected chi connectivity index (χ3v) is 3.58. The second kappa shape index (κ2) is 6.68.